The van der Waals surface area contributed by atoms with Gasteiger partial charge in [-0.05, 0) is 49.4 Å². The van der Waals surface area contributed by atoms with Gasteiger partial charge in [-0.1, -0.05) is 13.0 Å². The molecule has 0 heterocycles. The highest BCUT2D eigenvalue weighted by Crippen LogP contribution is 2.30. The molecule has 1 aromatic rings. The molecule has 0 aliphatic heterocycles. The maximum absolute atomic E-state index is 13.1. The first-order chi connectivity index (χ1) is 9.10. The van der Waals surface area contributed by atoms with Gasteiger partial charge in [0.2, 0.25) is 0 Å². The quantitative estimate of drug-likeness (QED) is 0.823. The second-order valence-electron chi connectivity index (χ2n) is 5.29. The fourth-order valence-corrected chi connectivity index (χ4v) is 2.34. The molecule has 104 valence electrons. The molecule has 1 fully saturated rings. The van der Waals surface area contributed by atoms with Crippen LogP contribution in [0.3, 0.4) is 0 Å². The Labute approximate surface area is 113 Å². The molecule has 1 aliphatic carbocycles. The van der Waals surface area contributed by atoms with E-state index in [1.165, 1.54) is 18.9 Å². The van der Waals surface area contributed by atoms with Gasteiger partial charge in [0.1, 0.15) is 5.82 Å². The zero-order valence-electron chi connectivity index (χ0n) is 11.2. The number of carboxylic acids is 1. The van der Waals surface area contributed by atoms with Crippen LogP contribution in [0.15, 0.2) is 18.2 Å². The van der Waals surface area contributed by atoms with Gasteiger partial charge < -0.3 is 5.11 Å². The zero-order chi connectivity index (χ0) is 13.8. The van der Waals surface area contributed by atoms with E-state index in [1.54, 1.807) is 6.07 Å². The second kappa shape index (κ2) is 6.15. The van der Waals surface area contributed by atoms with Crippen LogP contribution < -0.4 is 0 Å². The first-order valence-electron chi connectivity index (χ1n) is 6.84. The molecule has 1 saturated carbocycles. The average molecular weight is 265 g/mol. The summed E-state index contributed by atoms with van der Waals surface area (Å²) in [6.07, 6.45) is 3.58. The van der Waals surface area contributed by atoms with Crippen molar-refractivity contribution in [3.63, 3.8) is 0 Å². The summed E-state index contributed by atoms with van der Waals surface area (Å²) < 4.78 is 13.1. The van der Waals surface area contributed by atoms with Crippen molar-refractivity contribution in [1.29, 1.82) is 0 Å². The minimum absolute atomic E-state index is 0.0805. The molecule has 0 bridgehead atoms. The van der Waals surface area contributed by atoms with E-state index >= 15 is 0 Å². The van der Waals surface area contributed by atoms with E-state index < -0.39 is 11.8 Å². The third-order valence-corrected chi connectivity index (χ3v) is 3.45. The Morgan fingerprint density at radius 3 is 2.79 bits per heavy atom. The third kappa shape index (κ3) is 4.03. The van der Waals surface area contributed by atoms with Crippen molar-refractivity contribution in [2.75, 3.05) is 13.1 Å². The molecule has 2 rings (SSSR count). The Kier molecular flexibility index (Phi) is 4.53. The summed E-state index contributed by atoms with van der Waals surface area (Å²) >= 11 is 0. The number of carboxylic acid groups (broad SMARTS) is 1. The molecule has 1 N–H and O–H groups in total. The minimum Gasteiger partial charge on any atom is -0.478 e. The number of carbonyl (C=O) groups is 1. The Morgan fingerprint density at radius 2 is 2.21 bits per heavy atom. The van der Waals surface area contributed by atoms with Crippen molar-refractivity contribution in [3.05, 3.63) is 35.1 Å². The number of hydrogen-bond acceptors (Lipinski definition) is 2. The van der Waals surface area contributed by atoms with Gasteiger partial charge in [0, 0.05) is 13.1 Å². The van der Waals surface area contributed by atoms with Gasteiger partial charge in [0.25, 0.3) is 0 Å². The maximum Gasteiger partial charge on any atom is 0.336 e. The fraction of sp³-hybridized carbons (Fsp3) is 0.533. The lowest BCUT2D eigenvalue weighted by Gasteiger charge is -2.22. The normalized spacial score (nSPS) is 14.9. The topological polar surface area (TPSA) is 40.5 Å². The van der Waals surface area contributed by atoms with Gasteiger partial charge in [0.05, 0.1) is 5.56 Å². The van der Waals surface area contributed by atoms with Crippen LogP contribution in [0.25, 0.3) is 0 Å². The van der Waals surface area contributed by atoms with E-state index in [0.717, 1.165) is 31.5 Å². The molecule has 1 aromatic carbocycles. The van der Waals surface area contributed by atoms with Crippen molar-refractivity contribution in [2.24, 2.45) is 5.92 Å². The molecule has 0 saturated heterocycles. The molecule has 0 unspecified atom stereocenters. The summed E-state index contributed by atoms with van der Waals surface area (Å²) in [5.41, 5.74) is 0.778. The van der Waals surface area contributed by atoms with Crippen LogP contribution in [0, 0.1) is 11.7 Å². The van der Waals surface area contributed by atoms with Crippen molar-refractivity contribution in [3.8, 4) is 0 Å². The largest absolute Gasteiger partial charge is 0.478 e. The summed E-state index contributed by atoms with van der Waals surface area (Å²) in [5.74, 6) is -0.789. The smallest absolute Gasteiger partial charge is 0.336 e. The first-order valence-corrected chi connectivity index (χ1v) is 6.84. The van der Waals surface area contributed by atoms with Crippen LogP contribution in [0.1, 0.15) is 42.1 Å². The van der Waals surface area contributed by atoms with Crippen LogP contribution in [0.4, 0.5) is 4.39 Å². The van der Waals surface area contributed by atoms with Crippen molar-refractivity contribution < 1.29 is 14.3 Å². The molecule has 0 amide bonds. The van der Waals surface area contributed by atoms with Gasteiger partial charge >= 0.3 is 5.97 Å². The highest BCUT2D eigenvalue weighted by Gasteiger charge is 2.24. The predicted octanol–water partition coefficient (Wildman–Crippen LogP) is 3.15. The summed E-state index contributed by atoms with van der Waals surface area (Å²) in [5, 5.41) is 9.14. The Morgan fingerprint density at radius 1 is 1.47 bits per heavy atom. The lowest BCUT2D eigenvalue weighted by atomic mass is 10.1. The number of hydrogen-bond donors (Lipinski definition) is 1. The highest BCUT2D eigenvalue weighted by molar-refractivity contribution is 5.89. The van der Waals surface area contributed by atoms with Crippen molar-refractivity contribution >= 4 is 5.97 Å². The average Bonchev–Trinajstić information content (AvgIpc) is 3.15. The van der Waals surface area contributed by atoms with E-state index in [4.69, 9.17) is 5.11 Å². The molecule has 0 atom stereocenters. The molecule has 4 heteroatoms. The standard InChI is InChI=1S/C15H20FNO2/c1-2-7-17(9-11-3-4-11)10-12-5-6-13(16)8-14(12)15(18)19/h5-6,8,11H,2-4,7,9-10H2,1H3,(H,18,19). The number of benzene rings is 1. The molecule has 0 aromatic heterocycles. The maximum atomic E-state index is 13.1. The summed E-state index contributed by atoms with van der Waals surface area (Å²) in [6.45, 7) is 4.67. The van der Waals surface area contributed by atoms with Gasteiger partial charge in [-0.3, -0.25) is 4.90 Å². The summed E-state index contributed by atoms with van der Waals surface area (Å²) in [6, 6.07) is 4.04. The Hall–Kier alpha value is -1.42. The van der Waals surface area contributed by atoms with E-state index in [2.05, 4.69) is 11.8 Å². The SMILES string of the molecule is CCCN(Cc1ccc(F)cc1C(=O)O)CC1CC1. The fourth-order valence-electron chi connectivity index (χ4n) is 2.34. The highest BCUT2D eigenvalue weighted by atomic mass is 19.1. The monoisotopic (exact) mass is 265 g/mol. The molecular weight excluding hydrogens is 245 g/mol. The van der Waals surface area contributed by atoms with Crippen LogP contribution in [-0.2, 0) is 6.54 Å². The van der Waals surface area contributed by atoms with E-state index in [0.29, 0.717) is 12.1 Å². The number of aromatic carboxylic acids is 1. The van der Waals surface area contributed by atoms with Crippen LogP contribution in [-0.4, -0.2) is 29.1 Å². The van der Waals surface area contributed by atoms with Crippen LogP contribution in [0.2, 0.25) is 0 Å². The van der Waals surface area contributed by atoms with Gasteiger partial charge in [-0.15, -0.1) is 0 Å². The number of halogens is 1. The summed E-state index contributed by atoms with van der Waals surface area (Å²) in [4.78, 5) is 13.4. The van der Waals surface area contributed by atoms with Crippen LogP contribution in [0.5, 0.6) is 0 Å². The van der Waals surface area contributed by atoms with E-state index in [1.807, 2.05) is 0 Å². The lowest BCUT2D eigenvalue weighted by Crippen LogP contribution is -2.27. The number of rotatable bonds is 7. The van der Waals surface area contributed by atoms with Crippen molar-refractivity contribution in [2.45, 2.75) is 32.7 Å². The third-order valence-electron chi connectivity index (χ3n) is 3.45. The van der Waals surface area contributed by atoms with Gasteiger partial charge in [0.15, 0.2) is 0 Å². The van der Waals surface area contributed by atoms with Gasteiger partial charge in [-0.2, -0.15) is 0 Å². The van der Waals surface area contributed by atoms with Gasteiger partial charge in [-0.25, -0.2) is 9.18 Å². The number of nitrogens with zero attached hydrogens (tertiary/aromatic N) is 1. The van der Waals surface area contributed by atoms with Crippen molar-refractivity contribution in [1.82, 2.24) is 4.90 Å². The molecule has 0 radical (unpaired) electrons. The Balaban J connectivity index is 2.12. The molecule has 3 nitrogen and oxygen atoms in total. The van der Waals surface area contributed by atoms with E-state index in [-0.39, 0.29) is 5.56 Å². The molecule has 1 aliphatic rings. The Bertz CT molecular complexity index is 457. The molecule has 19 heavy (non-hydrogen) atoms. The first kappa shape index (κ1) is 14.0. The predicted molar refractivity (Wildman–Crippen MR) is 71.7 cm³/mol. The van der Waals surface area contributed by atoms with Crippen LogP contribution >= 0.6 is 0 Å². The lowest BCUT2D eigenvalue weighted by molar-refractivity contribution is 0.0693. The zero-order valence-corrected chi connectivity index (χ0v) is 11.2. The summed E-state index contributed by atoms with van der Waals surface area (Å²) in [7, 11) is 0. The molecular formula is C15H20FNO2. The van der Waals surface area contributed by atoms with E-state index in [9.17, 15) is 9.18 Å². The minimum atomic E-state index is -1.06. The second-order valence-corrected chi connectivity index (χ2v) is 5.29. The molecule has 0 spiro atoms.